The van der Waals surface area contributed by atoms with Crippen LogP contribution in [0.2, 0.25) is 0 Å². The molecule has 1 atom stereocenters. The van der Waals surface area contributed by atoms with Crippen LogP contribution in [0, 0.1) is 6.92 Å². The van der Waals surface area contributed by atoms with E-state index in [0.717, 1.165) is 5.56 Å². The summed E-state index contributed by atoms with van der Waals surface area (Å²) in [4.78, 5) is 26.6. The molecule has 1 aliphatic heterocycles. The van der Waals surface area contributed by atoms with Gasteiger partial charge in [0.25, 0.3) is 11.8 Å². The van der Waals surface area contributed by atoms with Gasteiger partial charge in [-0.3, -0.25) is 9.59 Å². The Bertz CT molecular complexity index is 1010. The SMILES string of the molecule is Cc1onc(-c2ccccc2)c1C(=O)N1CC(C(N)=O)Oc2ccccc21. The lowest BCUT2D eigenvalue weighted by atomic mass is 10.0. The number of primary amides is 1. The number of anilines is 1. The summed E-state index contributed by atoms with van der Waals surface area (Å²) in [5, 5.41) is 4.07. The number of fused-ring (bicyclic) bond motifs is 1. The van der Waals surface area contributed by atoms with Crippen molar-refractivity contribution >= 4 is 17.5 Å². The molecule has 0 bridgehead atoms. The Morgan fingerprint density at radius 1 is 1.11 bits per heavy atom. The number of amides is 2. The number of hydrogen-bond acceptors (Lipinski definition) is 5. The fourth-order valence-electron chi connectivity index (χ4n) is 3.13. The monoisotopic (exact) mass is 363 g/mol. The molecule has 0 saturated heterocycles. The summed E-state index contributed by atoms with van der Waals surface area (Å²) in [5.74, 6) is -0.128. The van der Waals surface area contributed by atoms with Crippen molar-refractivity contribution in [3.8, 4) is 17.0 Å². The molecule has 4 rings (SSSR count). The van der Waals surface area contributed by atoms with Crippen molar-refractivity contribution < 1.29 is 18.8 Å². The van der Waals surface area contributed by atoms with E-state index < -0.39 is 12.0 Å². The van der Waals surface area contributed by atoms with Gasteiger partial charge in [0, 0.05) is 5.56 Å². The molecule has 7 heteroatoms. The highest BCUT2D eigenvalue weighted by molar-refractivity contribution is 6.11. The minimum atomic E-state index is -0.927. The topological polar surface area (TPSA) is 98.7 Å². The number of hydrogen-bond donors (Lipinski definition) is 1. The maximum atomic E-state index is 13.4. The Kier molecular flexibility index (Phi) is 4.12. The van der Waals surface area contributed by atoms with E-state index in [2.05, 4.69) is 5.16 Å². The van der Waals surface area contributed by atoms with E-state index in [0.29, 0.717) is 28.5 Å². The predicted molar refractivity (Wildman–Crippen MR) is 98.4 cm³/mol. The Balaban J connectivity index is 1.80. The van der Waals surface area contributed by atoms with Crippen molar-refractivity contribution in [3.63, 3.8) is 0 Å². The number of nitrogens with zero attached hydrogens (tertiary/aromatic N) is 2. The summed E-state index contributed by atoms with van der Waals surface area (Å²) in [5.41, 5.74) is 7.57. The third-order valence-electron chi connectivity index (χ3n) is 4.46. The second-order valence-electron chi connectivity index (χ2n) is 6.22. The van der Waals surface area contributed by atoms with Crippen LogP contribution in [0.5, 0.6) is 5.75 Å². The number of aromatic nitrogens is 1. The van der Waals surface area contributed by atoms with Gasteiger partial charge in [-0.1, -0.05) is 47.6 Å². The lowest BCUT2D eigenvalue weighted by Crippen LogP contribution is -2.49. The molecule has 7 nitrogen and oxygen atoms in total. The minimum Gasteiger partial charge on any atom is -0.477 e. The van der Waals surface area contributed by atoms with Crippen LogP contribution in [0.25, 0.3) is 11.3 Å². The van der Waals surface area contributed by atoms with Gasteiger partial charge in [0.15, 0.2) is 6.10 Å². The first kappa shape index (κ1) is 16.8. The summed E-state index contributed by atoms with van der Waals surface area (Å²) in [6.07, 6.45) is -0.927. The largest absolute Gasteiger partial charge is 0.477 e. The summed E-state index contributed by atoms with van der Waals surface area (Å²) < 4.78 is 10.9. The van der Waals surface area contributed by atoms with E-state index in [9.17, 15) is 9.59 Å². The molecule has 0 spiro atoms. The van der Waals surface area contributed by atoms with E-state index in [1.54, 1.807) is 31.2 Å². The molecule has 1 unspecified atom stereocenters. The van der Waals surface area contributed by atoms with Crippen molar-refractivity contribution in [3.05, 3.63) is 65.9 Å². The quantitative estimate of drug-likeness (QED) is 0.771. The molecule has 1 aromatic heterocycles. The molecule has 2 heterocycles. The van der Waals surface area contributed by atoms with Gasteiger partial charge in [-0.05, 0) is 19.1 Å². The van der Waals surface area contributed by atoms with Crippen LogP contribution in [-0.4, -0.2) is 29.6 Å². The minimum absolute atomic E-state index is 0.0179. The molecule has 2 aromatic carbocycles. The van der Waals surface area contributed by atoms with E-state index in [1.807, 2.05) is 30.3 Å². The van der Waals surface area contributed by atoms with Gasteiger partial charge in [-0.2, -0.15) is 0 Å². The molecule has 136 valence electrons. The molecule has 2 amide bonds. The van der Waals surface area contributed by atoms with Crippen LogP contribution < -0.4 is 15.4 Å². The number of carbonyl (C=O) groups is 2. The highest BCUT2D eigenvalue weighted by Crippen LogP contribution is 2.36. The van der Waals surface area contributed by atoms with Gasteiger partial charge in [-0.15, -0.1) is 0 Å². The Hall–Kier alpha value is -3.61. The first-order chi connectivity index (χ1) is 13.1. The zero-order chi connectivity index (χ0) is 19.0. The molecule has 2 N–H and O–H groups in total. The fraction of sp³-hybridized carbons (Fsp3) is 0.150. The summed E-state index contributed by atoms with van der Waals surface area (Å²) in [7, 11) is 0. The van der Waals surface area contributed by atoms with Crippen LogP contribution in [0.4, 0.5) is 5.69 Å². The molecular weight excluding hydrogens is 346 g/mol. The molecule has 3 aromatic rings. The molecular formula is C20H17N3O4. The third kappa shape index (κ3) is 2.93. The van der Waals surface area contributed by atoms with Crippen molar-refractivity contribution in [2.45, 2.75) is 13.0 Å². The van der Waals surface area contributed by atoms with Crippen molar-refractivity contribution in [2.24, 2.45) is 5.73 Å². The summed E-state index contributed by atoms with van der Waals surface area (Å²) in [6.45, 7) is 1.70. The molecule has 0 aliphatic carbocycles. The molecule has 0 fully saturated rings. The predicted octanol–water partition coefficient (Wildman–Crippen LogP) is 2.54. The summed E-state index contributed by atoms with van der Waals surface area (Å²) >= 11 is 0. The maximum absolute atomic E-state index is 13.4. The standard InChI is InChI=1S/C20H17N3O4/c1-12-17(18(22-27-12)13-7-3-2-4-8-13)20(25)23-11-16(19(21)24)26-15-10-6-5-9-14(15)23/h2-10,16H,11H2,1H3,(H2,21,24). The van der Waals surface area contributed by atoms with E-state index in [-0.39, 0.29) is 12.5 Å². The molecule has 27 heavy (non-hydrogen) atoms. The molecule has 0 radical (unpaired) electrons. The molecule has 1 aliphatic rings. The number of ether oxygens (including phenoxy) is 1. The lowest BCUT2D eigenvalue weighted by Gasteiger charge is -2.33. The zero-order valence-electron chi connectivity index (χ0n) is 14.6. The van der Waals surface area contributed by atoms with Crippen LogP contribution >= 0.6 is 0 Å². The van der Waals surface area contributed by atoms with Gasteiger partial charge in [-0.25, -0.2) is 0 Å². The van der Waals surface area contributed by atoms with Gasteiger partial charge < -0.3 is 19.9 Å². The van der Waals surface area contributed by atoms with E-state index in [4.69, 9.17) is 15.0 Å². The van der Waals surface area contributed by atoms with Gasteiger partial charge in [0.2, 0.25) is 0 Å². The Labute approximate surface area is 155 Å². The highest BCUT2D eigenvalue weighted by atomic mass is 16.5. The van der Waals surface area contributed by atoms with E-state index >= 15 is 0 Å². The first-order valence-corrected chi connectivity index (χ1v) is 8.45. The van der Waals surface area contributed by atoms with Crippen LogP contribution in [0.15, 0.2) is 59.1 Å². The van der Waals surface area contributed by atoms with Crippen molar-refractivity contribution in [1.29, 1.82) is 0 Å². The van der Waals surface area contributed by atoms with Gasteiger partial charge >= 0.3 is 0 Å². The first-order valence-electron chi connectivity index (χ1n) is 8.45. The van der Waals surface area contributed by atoms with Crippen molar-refractivity contribution in [1.82, 2.24) is 5.16 Å². The Morgan fingerprint density at radius 2 is 1.81 bits per heavy atom. The average Bonchev–Trinajstić information content (AvgIpc) is 3.08. The second-order valence-corrected chi connectivity index (χ2v) is 6.22. The maximum Gasteiger partial charge on any atom is 0.264 e. The van der Waals surface area contributed by atoms with Crippen LogP contribution in [0.3, 0.4) is 0 Å². The van der Waals surface area contributed by atoms with E-state index in [1.165, 1.54) is 4.90 Å². The number of benzene rings is 2. The summed E-state index contributed by atoms with van der Waals surface area (Å²) in [6, 6.07) is 16.3. The number of rotatable bonds is 3. The molecule has 0 saturated carbocycles. The zero-order valence-corrected chi connectivity index (χ0v) is 14.6. The number of para-hydroxylation sites is 2. The number of aryl methyl sites for hydroxylation is 1. The fourth-order valence-corrected chi connectivity index (χ4v) is 3.13. The lowest BCUT2D eigenvalue weighted by molar-refractivity contribution is -0.124. The third-order valence-corrected chi connectivity index (χ3v) is 4.46. The average molecular weight is 363 g/mol. The van der Waals surface area contributed by atoms with Crippen LogP contribution in [0.1, 0.15) is 16.1 Å². The Morgan fingerprint density at radius 3 is 2.56 bits per heavy atom. The highest BCUT2D eigenvalue weighted by Gasteiger charge is 2.35. The number of carbonyl (C=O) groups excluding carboxylic acids is 2. The van der Waals surface area contributed by atoms with Gasteiger partial charge in [0.05, 0.1) is 12.2 Å². The van der Waals surface area contributed by atoms with Crippen LogP contribution in [-0.2, 0) is 4.79 Å². The van der Waals surface area contributed by atoms with Crippen molar-refractivity contribution in [2.75, 3.05) is 11.4 Å². The van der Waals surface area contributed by atoms with Gasteiger partial charge in [0.1, 0.15) is 22.8 Å². The smallest absolute Gasteiger partial charge is 0.264 e. The number of nitrogens with two attached hydrogens (primary N) is 1. The second kappa shape index (κ2) is 6.60. The normalized spacial score (nSPS) is 15.7.